The van der Waals surface area contributed by atoms with Crippen molar-refractivity contribution in [1.29, 1.82) is 0 Å². The molecule has 1 aromatic rings. The van der Waals surface area contributed by atoms with Gasteiger partial charge in [-0.3, -0.25) is 19.8 Å². The minimum atomic E-state index is -2.43. The van der Waals surface area contributed by atoms with Gasteiger partial charge in [-0.05, 0) is 12.5 Å². The number of alkyl halides is 2. The molecule has 0 radical (unpaired) electrons. The minimum absolute atomic E-state index is 0.0298. The van der Waals surface area contributed by atoms with Gasteiger partial charge in [0, 0.05) is 31.7 Å². The molecule has 0 bridgehead atoms. The molecular weight excluding hydrogens is 324 g/mol. The summed E-state index contributed by atoms with van der Waals surface area (Å²) in [4.78, 5) is 25.7. The number of phenolic OH excluding ortho intramolecular Hbond substituents is 1. The highest BCUT2D eigenvalue weighted by Gasteiger charge is 2.31. The number of carbonyl (C=O) groups excluding carboxylic acids is 1. The van der Waals surface area contributed by atoms with Crippen molar-refractivity contribution < 1.29 is 23.6 Å². The fourth-order valence-electron chi connectivity index (χ4n) is 2.87. The molecule has 1 saturated heterocycles. The lowest BCUT2D eigenvalue weighted by Crippen LogP contribution is -2.55. The van der Waals surface area contributed by atoms with E-state index in [-0.39, 0.29) is 36.9 Å². The lowest BCUT2D eigenvalue weighted by Gasteiger charge is -2.41. The van der Waals surface area contributed by atoms with Gasteiger partial charge in [-0.2, -0.15) is 0 Å². The Kier molecular flexibility index (Phi) is 5.66. The summed E-state index contributed by atoms with van der Waals surface area (Å²) in [5.74, 6) is -0.921. The SMILES string of the molecule is CC[C@H]1CN(C(=O)c2ccc([N+](=O)[O-])cc2O)CCN1CC(F)F. The Labute approximate surface area is 137 Å². The van der Waals surface area contributed by atoms with Crippen LogP contribution in [0.5, 0.6) is 5.75 Å². The van der Waals surface area contributed by atoms with E-state index in [9.17, 15) is 28.8 Å². The number of nitro groups is 1. The first-order chi connectivity index (χ1) is 11.3. The van der Waals surface area contributed by atoms with E-state index < -0.39 is 23.0 Å². The van der Waals surface area contributed by atoms with E-state index in [0.29, 0.717) is 13.0 Å². The molecule has 1 N–H and O–H groups in total. The second kappa shape index (κ2) is 7.52. The molecule has 0 spiro atoms. The molecule has 1 amide bonds. The van der Waals surface area contributed by atoms with Crippen LogP contribution in [-0.4, -0.2) is 64.4 Å². The summed E-state index contributed by atoms with van der Waals surface area (Å²) in [7, 11) is 0. The maximum Gasteiger partial charge on any atom is 0.273 e. The first-order valence-electron chi connectivity index (χ1n) is 7.62. The van der Waals surface area contributed by atoms with E-state index >= 15 is 0 Å². The Bertz CT molecular complexity index is 627. The van der Waals surface area contributed by atoms with E-state index in [2.05, 4.69) is 0 Å². The zero-order valence-corrected chi connectivity index (χ0v) is 13.2. The molecule has 1 aliphatic rings. The normalized spacial score (nSPS) is 18.8. The molecule has 0 aromatic heterocycles. The van der Waals surface area contributed by atoms with Crippen LogP contribution >= 0.6 is 0 Å². The molecule has 0 aliphatic carbocycles. The summed E-state index contributed by atoms with van der Waals surface area (Å²) in [6, 6.07) is 3.11. The van der Waals surface area contributed by atoms with Crippen LogP contribution in [0.3, 0.4) is 0 Å². The molecule has 7 nitrogen and oxygen atoms in total. The molecule has 0 saturated carbocycles. The van der Waals surface area contributed by atoms with E-state index in [1.165, 1.54) is 11.0 Å². The predicted octanol–water partition coefficient (Wildman–Crippen LogP) is 2.10. The van der Waals surface area contributed by atoms with Crippen molar-refractivity contribution in [2.75, 3.05) is 26.2 Å². The largest absolute Gasteiger partial charge is 0.507 e. The van der Waals surface area contributed by atoms with E-state index in [1.807, 2.05) is 6.92 Å². The van der Waals surface area contributed by atoms with Crippen molar-refractivity contribution in [3.63, 3.8) is 0 Å². The third kappa shape index (κ3) is 3.97. The second-order valence-corrected chi connectivity index (χ2v) is 5.66. The number of hydrogen-bond donors (Lipinski definition) is 1. The third-order valence-corrected chi connectivity index (χ3v) is 4.16. The lowest BCUT2D eigenvalue weighted by atomic mass is 10.1. The van der Waals surface area contributed by atoms with E-state index in [0.717, 1.165) is 12.1 Å². The number of phenols is 1. The molecule has 132 valence electrons. The van der Waals surface area contributed by atoms with Gasteiger partial charge >= 0.3 is 0 Å². The molecule has 9 heteroatoms. The van der Waals surface area contributed by atoms with Crippen molar-refractivity contribution in [2.24, 2.45) is 0 Å². The number of carbonyl (C=O) groups is 1. The van der Waals surface area contributed by atoms with Gasteiger partial charge in [0.2, 0.25) is 0 Å². The van der Waals surface area contributed by atoms with Gasteiger partial charge in [-0.25, -0.2) is 8.78 Å². The molecule has 1 aromatic carbocycles. The quantitative estimate of drug-likeness (QED) is 0.653. The highest BCUT2D eigenvalue weighted by atomic mass is 19.3. The molecular formula is C15H19F2N3O4. The Balaban J connectivity index is 2.12. The number of piperazine rings is 1. The maximum absolute atomic E-state index is 12.6. The Morgan fingerprint density at radius 2 is 2.17 bits per heavy atom. The third-order valence-electron chi connectivity index (χ3n) is 4.16. The van der Waals surface area contributed by atoms with Gasteiger partial charge in [0.1, 0.15) is 5.75 Å². The smallest absolute Gasteiger partial charge is 0.273 e. The van der Waals surface area contributed by atoms with Crippen LogP contribution in [0.1, 0.15) is 23.7 Å². The fraction of sp³-hybridized carbons (Fsp3) is 0.533. The maximum atomic E-state index is 12.6. The number of aromatic hydroxyl groups is 1. The van der Waals surface area contributed by atoms with Crippen molar-refractivity contribution in [1.82, 2.24) is 9.80 Å². The minimum Gasteiger partial charge on any atom is -0.507 e. The first-order valence-corrected chi connectivity index (χ1v) is 7.62. The lowest BCUT2D eigenvalue weighted by molar-refractivity contribution is -0.384. The average molecular weight is 343 g/mol. The number of non-ortho nitro benzene ring substituents is 1. The number of nitro benzene ring substituents is 1. The van der Waals surface area contributed by atoms with Crippen molar-refractivity contribution in [2.45, 2.75) is 25.8 Å². The van der Waals surface area contributed by atoms with Gasteiger partial charge in [0.05, 0.1) is 23.1 Å². The molecule has 2 rings (SSSR count). The summed E-state index contributed by atoms with van der Waals surface area (Å²) < 4.78 is 25.2. The summed E-state index contributed by atoms with van der Waals surface area (Å²) in [5.41, 5.74) is -0.338. The molecule has 1 aliphatic heterocycles. The summed E-state index contributed by atoms with van der Waals surface area (Å²) in [6.45, 7) is 2.39. The summed E-state index contributed by atoms with van der Waals surface area (Å²) >= 11 is 0. The highest BCUT2D eigenvalue weighted by Crippen LogP contribution is 2.26. The standard InChI is InChI=1S/C15H19F2N3O4/c1-2-10-8-19(6-5-18(10)9-14(16)17)15(22)12-4-3-11(20(23)24)7-13(12)21/h3-4,7,10,14,21H,2,5-6,8-9H2,1H3/t10-/m0/s1. The van der Waals surface area contributed by atoms with Gasteiger partial charge in [0.15, 0.2) is 0 Å². The van der Waals surface area contributed by atoms with Gasteiger partial charge < -0.3 is 10.0 Å². The number of hydrogen-bond acceptors (Lipinski definition) is 5. The number of halogens is 2. The Hall–Kier alpha value is -2.29. The van der Waals surface area contributed by atoms with Crippen LogP contribution in [0, 0.1) is 10.1 Å². The fourth-order valence-corrected chi connectivity index (χ4v) is 2.87. The predicted molar refractivity (Wildman–Crippen MR) is 82.3 cm³/mol. The van der Waals surface area contributed by atoms with Crippen molar-refractivity contribution in [3.8, 4) is 5.75 Å². The second-order valence-electron chi connectivity index (χ2n) is 5.66. The van der Waals surface area contributed by atoms with E-state index in [1.54, 1.807) is 4.90 Å². The van der Waals surface area contributed by atoms with Crippen molar-refractivity contribution in [3.05, 3.63) is 33.9 Å². The van der Waals surface area contributed by atoms with Crippen LogP contribution in [0.15, 0.2) is 18.2 Å². The number of amides is 1. The zero-order chi connectivity index (χ0) is 17.9. The highest BCUT2D eigenvalue weighted by molar-refractivity contribution is 5.97. The summed E-state index contributed by atoms with van der Waals surface area (Å²) in [6.07, 6.45) is -1.82. The molecule has 1 atom stereocenters. The number of nitrogens with zero attached hydrogens (tertiary/aromatic N) is 3. The zero-order valence-electron chi connectivity index (χ0n) is 13.2. The van der Waals surface area contributed by atoms with Gasteiger partial charge in [-0.15, -0.1) is 0 Å². The Morgan fingerprint density at radius 3 is 2.71 bits per heavy atom. The number of rotatable bonds is 5. The van der Waals surface area contributed by atoms with Crippen LogP contribution in [0.25, 0.3) is 0 Å². The Morgan fingerprint density at radius 1 is 1.46 bits per heavy atom. The molecule has 0 unspecified atom stereocenters. The topological polar surface area (TPSA) is 86.9 Å². The average Bonchev–Trinajstić information content (AvgIpc) is 2.53. The molecule has 1 heterocycles. The van der Waals surface area contributed by atoms with Gasteiger partial charge in [-0.1, -0.05) is 6.92 Å². The van der Waals surface area contributed by atoms with E-state index in [4.69, 9.17) is 0 Å². The van der Waals surface area contributed by atoms with Crippen LogP contribution in [0.2, 0.25) is 0 Å². The monoisotopic (exact) mass is 343 g/mol. The van der Waals surface area contributed by atoms with Gasteiger partial charge in [0.25, 0.3) is 18.0 Å². The number of benzene rings is 1. The van der Waals surface area contributed by atoms with Crippen LogP contribution in [0.4, 0.5) is 14.5 Å². The van der Waals surface area contributed by atoms with Crippen LogP contribution in [-0.2, 0) is 0 Å². The van der Waals surface area contributed by atoms with Crippen LogP contribution < -0.4 is 0 Å². The van der Waals surface area contributed by atoms with Crippen molar-refractivity contribution >= 4 is 11.6 Å². The molecule has 1 fully saturated rings. The summed E-state index contributed by atoms with van der Waals surface area (Å²) in [5, 5.41) is 20.5. The molecule has 24 heavy (non-hydrogen) atoms. The first kappa shape index (κ1) is 18.1.